The topological polar surface area (TPSA) is 105 Å². The fraction of sp³-hybridized carbons (Fsp3) is 0.391. The Kier molecular flexibility index (Phi) is 7.98. The molecule has 0 bridgehead atoms. The van der Waals surface area contributed by atoms with Gasteiger partial charge in [0.25, 0.3) is 0 Å². The second kappa shape index (κ2) is 10.7. The summed E-state index contributed by atoms with van der Waals surface area (Å²) in [6, 6.07) is 9.28. The van der Waals surface area contributed by atoms with Gasteiger partial charge in [-0.05, 0) is 43.7 Å². The third kappa shape index (κ3) is 5.77. The summed E-state index contributed by atoms with van der Waals surface area (Å²) in [6.07, 6.45) is 0. The molecule has 0 saturated carbocycles. The number of anilines is 1. The van der Waals surface area contributed by atoms with Crippen LogP contribution in [0.1, 0.15) is 19.4 Å². The average Bonchev–Trinajstić information content (AvgIpc) is 2.85. The van der Waals surface area contributed by atoms with Gasteiger partial charge in [-0.2, -0.15) is 0 Å². The Labute approximate surface area is 198 Å². The van der Waals surface area contributed by atoms with E-state index in [1.54, 1.807) is 19.1 Å². The maximum absolute atomic E-state index is 13.4. The number of fused-ring (bicyclic) bond motifs is 1. The molecule has 2 amide bonds. The third-order valence-corrected chi connectivity index (χ3v) is 7.21. The summed E-state index contributed by atoms with van der Waals surface area (Å²) in [6.45, 7) is 3.20. The minimum Gasteiger partial charge on any atom is -0.486 e. The van der Waals surface area contributed by atoms with Gasteiger partial charge in [-0.1, -0.05) is 12.1 Å². The van der Waals surface area contributed by atoms with Gasteiger partial charge < -0.3 is 19.7 Å². The number of amides is 2. The molecule has 0 aliphatic carbocycles. The van der Waals surface area contributed by atoms with Gasteiger partial charge in [0.05, 0.1) is 11.4 Å². The number of carbonyl (C=O) groups is 2. The van der Waals surface area contributed by atoms with E-state index in [0.717, 1.165) is 4.31 Å². The Morgan fingerprint density at radius 1 is 1.09 bits per heavy atom. The number of likely N-dealkylation sites (N-methyl/N-ethyl adjacent to an activating group) is 1. The minimum atomic E-state index is -3.86. The molecule has 0 unspecified atom stereocenters. The second-order valence-electron chi connectivity index (χ2n) is 7.67. The number of benzene rings is 2. The van der Waals surface area contributed by atoms with Gasteiger partial charge in [-0.3, -0.25) is 13.9 Å². The first kappa shape index (κ1) is 25.3. The van der Waals surface area contributed by atoms with Crippen molar-refractivity contribution in [2.24, 2.45) is 0 Å². The molecule has 184 valence electrons. The van der Waals surface area contributed by atoms with Crippen LogP contribution in [-0.2, 0) is 26.2 Å². The fourth-order valence-corrected chi connectivity index (χ4v) is 4.54. The standard InChI is InChI=1S/C23H28FN3O6S/c1-4-34(30,31)27(19-9-10-20-21(13-19)33-12-11-32-20)15-22(28)26(16(2)23(29)25-3)14-17-5-7-18(24)8-6-17/h5-10,13,16H,4,11-12,14-15H2,1-3H3,(H,25,29)/t16-/m1/s1. The zero-order valence-corrected chi connectivity index (χ0v) is 20.1. The van der Waals surface area contributed by atoms with Crippen molar-refractivity contribution in [2.75, 3.05) is 36.9 Å². The van der Waals surface area contributed by atoms with E-state index >= 15 is 0 Å². The summed E-state index contributed by atoms with van der Waals surface area (Å²) in [4.78, 5) is 27.0. The molecule has 0 radical (unpaired) electrons. The van der Waals surface area contributed by atoms with Crippen molar-refractivity contribution in [3.8, 4) is 11.5 Å². The quantitative estimate of drug-likeness (QED) is 0.572. The van der Waals surface area contributed by atoms with Crippen LogP contribution in [0.4, 0.5) is 10.1 Å². The van der Waals surface area contributed by atoms with Crippen LogP contribution in [0.3, 0.4) is 0 Å². The lowest BCUT2D eigenvalue weighted by Gasteiger charge is -2.32. The average molecular weight is 494 g/mol. The summed E-state index contributed by atoms with van der Waals surface area (Å²) >= 11 is 0. The van der Waals surface area contributed by atoms with E-state index in [2.05, 4.69) is 5.32 Å². The van der Waals surface area contributed by atoms with E-state index in [4.69, 9.17) is 9.47 Å². The summed E-state index contributed by atoms with van der Waals surface area (Å²) in [5, 5.41) is 2.50. The Hall–Kier alpha value is -3.34. The van der Waals surface area contributed by atoms with Crippen LogP contribution in [0.15, 0.2) is 42.5 Å². The first-order valence-corrected chi connectivity index (χ1v) is 12.4. The maximum atomic E-state index is 13.4. The van der Waals surface area contributed by atoms with Crippen LogP contribution in [-0.4, -0.2) is 63.7 Å². The molecule has 1 aliphatic rings. The Morgan fingerprint density at radius 2 is 1.74 bits per heavy atom. The van der Waals surface area contributed by atoms with Gasteiger partial charge in [-0.15, -0.1) is 0 Å². The first-order valence-electron chi connectivity index (χ1n) is 10.8. The number of carbonyl (C=O) groups excluding carboxylic acids is 2. The van der Waals surface area contributed by atoms with Crippen LogP contribution in [0.25, 0.3) is 0 Å². The van der Waals surface area contributed by atoms with Gasteiger partial charge in [-0.25, -0.2) is 12.8 Å². The van der Waals surface area contributed by atoms with Crippen LogP contribution < -0.4 is 19.1 Å². The molecule has 0 spiro atoms. The van der Waals surface area contributed by atoms with Crippen LogP contribution in [0, 0.1) is 5.82 Å². The van der Waals surface area contributed by atoms with Crippen molar-refractivity contribution in [2.45, 2.75) is 26.4 Å². The summed E-state index contributed by atoms with van der Waals surface area (Å²) in [5.74, 6) is -0.805. The predicted molar refractivity (Wildman–Crippen MR) is 125 cm³/mol. The molecule has 0 aromatic heterocycles. The van der Waals surface area contributed by atoms with Crippen molar-refractivity contribution < 1.29 is 31.9 Å². The molecular formula is C23H28FN3O6S. The summed E-state index contributed by atoms with van der Waals surface area (Å²) in [7, 11) is -2.41. The number of nitrogens with one attached hydrogen (secondary N) is 1. The lowest BCUT2D eigenvalue weighted by molar-refractivity contribution is -0.139. The molecule has 1 heterocycles. The number of halogens is 1. The molecule has 1 N–H and O–H groups in total. The molecular weight excluding hydrogens is 465 g/mol. The molecule has 1 atom stereocenters. The predicted octanol–water partition coefficient (Wildman–Crippen LogP) is 1.92. The maximum Gasteiger partial charge on any atom is 0.244 e. The monoisotopic (exact) mass is 493 g/mol. The molecule has 2 aromatic rings. The SMILES string of the molecule is CCS(=O)(=O)N(CC(=O)N(Cc1ccc(F)cc1)[C@H](C)C(=O)NC)c1ccc2c(c1)OCCO2. The highest BCUT2D eigenvalue weighted by atomic mass is 32.2. The smallest absolute Gasteiger partial charge is 0.244 e. The van der Waals surface area contributed by atoms with E-state index in [1.807, 2.05) is 0 Å². The van der Waals surface area contributed by atoms with E-state index in [0.29, 0.717) is 30.3 Å². The third-order valence-electron chi connectivity index (χ3n) is 5.47. The van der Waals surface area contributed by atoms with Crippen LogP contribution >= 0.6 is 0 Å². The van der Waals surface area contributed by atoms with E-state index in [9.17, 15) is 22.4 Å². The normalized spacial score (nSPS) is 13.6. The van der Waals surface area contributed by atoms with Crippen LogP contribution in [0.2, 0.25) is 0 Å². The number of ether oxygens (including phenoxy) is 2. The zero-order valence-electron chi connectivity index (χ0n) is 19.3. The molecule has 1 aliphatic heterocycles. The highest BCUT2D eigenvalue weighted by Gasteiger charge is 2.31. The molecule has 3 rings (SSSR count). The van der Waals surface area contributed by atoms with Crippen molar-refractivity contribution in [1.82, 2.24) is 10.2 Å². The zero-order chi connectivity index (χ0) is 24.9. The van der Waals surface area contributed by atoms with Gasteiger partial charge in [0.1, 0.15) is 31.6 Å². The highest BCUT2D eigenvalue weighted by Crippen LogP contribution is 2.35. The summed E-state index contributed by atoms with van der Waals surface area (Å²) in [5.41, 5.74) is 0.837. The minimum absolute atomic E-state index is 0.00511. The van der Waals surface area contributed by atoms with E-state index in [1.165, 1.54) is 49.2 Å². The van der Waals surface area contributed by atoms with Crippen molar-refractivity contribution in [1.29, 1.82) is 0 Å². The second-order valence-corrected chi connectivity index (χ2v) is 9.86. The number of nitrogens with zero attached hydrogens (tertiary/aromatic N) is 2. The lowest BCUT2D eigenvalue weighted by Crippen LogP contribution is -2.51. The first-order chi connectivity index (χ1) is 16.2. The number of hydrogen-bond donors (Lipinski definition) is 1. The van der Waals surface area contributed by atoms with Crippen molar-refractivity contribution in [3.05, 3.63) is 53.8 Å². The Balaban J connectivity index is 1.94. The molecule has 0 saturated heterocycles. The molecule has 34 heavy (non-hydrogen) atoms. The Morgan fingerprint density at radius 3 is 2.35 bits per heavy atom. The van der Waals surface area contributed by atoms with Crippen LogP contribution in [0.5, 0.6) is 11.5 Å². The molecule has 2 aromatic carbocycles. The largest absolute Gasteiger partial charge is 0.486 e. The lowest BCUT2D eigenvalue weighted by atomic mass is 10.1. The summed E-state index contributed by atoms with van der Waals surface area (Å²) < 4.78 is 51.3. The molecule has 11 heteroatoms. The number of hydrogen-bond acceptors (Lipinski definition) is 6. The molecule has 9 nitrogen and oxygen atoms in total. The molecule has 0 fully saturated rings. The Bertz CT molecular complexity index is 1140. The van der Waals surface area contributed by atoms with Gasteiger partial charge in [0.15, 0.2) is 11.5 Å². The van der Waals surface area contributed by atoms with Gasteiger partial charge in [0.2, 0.25) is 21.8 Å². The van der Waals surface area contributed by atoms with Gasteiger partial charge in [0, 0.05) is 19.7 Å². The van der Waals surface area contributed by atoms with Gasteiger partial charge >= 0.3 is 0 Å². The van der Waals surface area contributed by atoms with E-state index in [-0.39, 0.29) is 18.0 Å². The van der Waals surface area contributed by atoms with Crippen molar-refractivity contribution >= 4 is 27.5 Å². The van der Waals surface area contributed by atoms with Crippen molar-refractivity contribution in [3.63, 3.8) is 0 Å². The number of sulfonamides is 1. The number of rotatable bonds is 9. The van der Waals surface area contributed by atoms with E-state index < -0.39 is 40.2 Å². The fourth-order valence-electron chi connectivity index (χ4n) is 3.48. The highest BCUT2D eigenvalue weighted by molar-refractivity contribution is 7.92.